The van der Waals surface area contributed by atoms with Gasteiger partial charge < -0.3 is 10.4 Å². The molecular weight excluding hydrogens is 256 g/mol. The summed E-state index contributed by atoms with van der Waals surface area (Å²) in [5, 5.41) is 19.0. The van der Waals surface area contributed by atoms with E-state index in [1.165, 1.54) is 6.33 Å². The Morgan fingerprint density at radius 3 is 2.90 bits per heavy atom. The second-order valence-electron chi connectivity index (χ2n) is 4.98. The van der Waals surface area contributed by atoms with Gasteiger partial charge in [0.2, 0.25) is 5.91 Å². The van der Waals surface area contributed by atoms with Gasteiger partial charge >= 0.3 is 0 Å². The Morgan fingerprint density at radius 1 is 1.45 bits per heavy atom. The van der Waals surface area contributed by atoms with Crippen LogP contribution in [0.4, 0.5) is 5.69 Å². The summed E-state index contributed by atoms with van der Waals surface area (Å²) in [5.41, 5.74) is 1.50. The Kier molecular flexibility index (Phi) is 4.47. The summed E-state index contributed by atoms with van der Waals surface area (Å²) < 4.78 is 0. The zero-order chi connectivity index (χ0) is 14.5. The smallest absolute Gasteiger partial charge is 0.226 e. The Labute approximate surface area is 117 Å². The molecule has 1 unspecified atom stereocenters. The van der Waals surface area contributed by atoms with Crippen molar-refractivity contribution in [2.24, 2.45) is 5.92 Å². The van der Waals surface area contributed by atoms with Crippen LogP contribution in [0.3, 0.4) is 0 Å². The highest BCUT2D eigenvalue weighted by Crippen LogP contribution is 2.19. The number of benzene rings is 1. The number of nitrogens with one attached hydrogen (secondary N) is 2. The molecule has 3 N–H and O–H groups in total. The third-order valence-corrected chi connectivity index (χ3v) is 3.00. The van der Waals surface area contributed by atoms with Gasteiger partial charge in [-0.05, 0) is 18.1 Å². The molecular formula is C14H18N4O2. The van der Waals surface area contributed by atoms with Crippen molar-refractivity contribution in [1.29, 1.82) is 0 Å². The molecule has 0 saturated carbocycles. The van der Waals surface area contributed by atoms with E-state index in [1.807, 2.05) is 26.0 Å². The number of amides is 1. The third-order valence-electron chi connectivity index (χ3n) is 3.00. The highest BCUT2D eigenvalue weighted by molar-refractivity contribution is 5.91. The number of carbonyl (C=O) groups excluding carboxylic acids is 1. The van der Waals surface area contributed by atoms with Gasteiger partial charge in [-0.25, -0.2) is 4.98 Å². The van der Waals surface area contributed by atoms with E-state index in [2.05, 4.69) is 20.5 Å². The topological polar surface area (TPSA) is 90.9 Å². The van der Waals surface area contributed by atoms with E-state index >= 15 is 0 Å². The van der Waals surface area contributed by atoms with Gasteiger partial charge in [0.15, 0.2) is 5.82 Å². The largest absolute Gasteiger partial charge is 0.392 e. The highest BCUT2D eigenvalue weighted by Gasteiger charge is 2.14. The van der Waals surface area contributed by atoms with Crippen molar-refractivity contribution in [3.8, 4) is 11.4 Å². The average molecular weight is 274 g/mol. The van der Waals surface area contributed by atoms with Crippen molar-refractivity contribution in [3.05, 3.63) is 30.6 Å². The summed E-state index contributed by atoms with van der Waals surface area (Å²) in [6.45, 7) is 3.75. The predicted octanol–water partition coefficient (Wildman–Crippen LogP) is 1.82. The SMILES string of the molecule is CC(C)C(O)CC(=O)Nc1cccc(-c2ncn[nH]2)c1. The lowest BCUT2D eigenvalue weighted by atomic mass is 10.0. The molecule has 106 valence electrons. The zero-order valence-corrected chi connectivity index (χ0v) is 11.5. The fourth-order valence-corrected chi connectivity index (χ4v) is 1.73. The molecule has 1 atom stereocenters. The second kappa shape index (κ2) is 6.29. The monoisotopic (exact) mass is 274 g/mol. The Bertz CT molecular complexity index is 566. The molecule has 0 saturated heterocycles. The van der Waals surface area contributed by atoms with Gasteiger partial charge in [-0.1, -0.05) is 26.0 Å². The Morgan fingerprint density at radius 2 is 2.25 bits per heavy atom. The van der Waals surface area contributed by atoms with E-state index in [4.69, 9.17) is 0 Å². The normalized spacial score (nSPS) is 12.4. The number of aliphatic hydroxyl groups is 1. The summed E-state index contributed by atoms with van der Waals surface area (Å²) >= 11 is 0. The van der Waals surface area contributed by atoms with E-state index in [1.54, 1.807) is 12.1 Å². The maximum Gasteiger partial charge on any atom is 0.226 e. The molecule has 2 rings (SSSR count). The zero-order valence-electron chi connectivity index (χ0n) is 11.5. The van der Waals surface area contributed by atoms with Gasteiger partial charge in [-0.3, -0.25) is 9.89 Å². The molecule has 0 aliphatic carbocycles. The molecule has 2 aromatic rings. The first-order chi connectivity index (χ1) is 9.56. The van der Waals surface area contributed by atoms with Crippen LogP contribution in [0.2, 0.25) is 0 Å². The minimum absolute atomic E-state index is 0.0567. The van der Waals surface area contributed by atoms with E-state index < -0.39 is 6.10 Å². The second-order valence-corrected chi connectivity index (χ2v) is 4.98. The lowest BCUT2D eigenvalue weighted by molar-refractivity contribution is -0.118. The van der Waals surface area contributed by atoms with Crippen molar-refractivity contribution in [2.45, 2.75) is 26.4 Å². The Balaban J connectivity index is 2.03. The summed E-state index contributed by atoms with van der Waals surface area (Å²) in [5.74, 6) is 0.491. The van der Waals surface area contributed by atoms with Gasteiger partial charge in [0.1, 0.15) is 6.33 Å². The van der Waals surface area contributed by atoms with E-state index in [0.717, 1.165) is 5.56 Å². The van der Waals surface area contributed by atoms with Crippen molar-refractivity contribution >= 4 is 11.6 Å². The molecule has 0 bridgehead atoms. The van der Waals surface area contributed by atoms with Gasteiger partial charge in [-0.15, -0.1) is 0 Å². The summed E-state index contributed by atoms with van der Waals surface area (Å²) in [6.07, 6.45) is 0.886. The predicted molar refractivity (Wildman–Crippen MR) is 75.9 cm³/mol. The first kappa shape index (κ1) is 14.2. The number of hydrogen-bond donors (Lipinski definition) is 3. The summed E-state index contributed by atoms with van der Waals surface area (Å²) in [6, 6.07) is 7.30. The van der Waals surface area contributed by atoms with Gasteiger partial charge in [0, 0.05) is 11.3 Å². The number of aromatic amines is 1. The molecule has 6 heteroatoms. The molecule has 1 amide bonds. The van der Waals surface area contributed by atoms with Crippen LogP contribution >= 0.6 is 0 Å². The van der Waals surface area contributed by atoms with Crippen LogP contribution in [-0.2, 0) is 4.79 Å². The first-order valence-electron chi connectivity index (χ1n) is 6.50. The lowest BCUT2D eigenvalue weighted by Gasteiger charge is -2.14. The van der Waals surface area contributed by atoms with Crippen molar-refractivity contribution < 1.29 is 9.90 Å². The van der Waals surface area contributed by atoms with Crippen LogP contribution in [0.25, 0.3) is 11.4 Å². The Hall–Kier alpha value is -2.21. The molecule has 0 aliphatic rings. The van der Waals surface area contributed by atoms with Crippen LogP contribution in [0, 0.1) is 5.92 Å². The average Bonchev–Trinajstić information content (AvgIpc) is 2.92. The van der Waals surface area contributed by atoms with E-state index in [9.17, 15) is 9.90 Å². The van der Waals surface area contributed by atoms with Crippen molar-refractivity contribution in [3.63, 3.8) is 0 Å². The molecule has 0 spiro atoms. The lowest BCUT2D eigenvalue weighted by Crippen LogP contribution is -2.23. The van der Waals surface area contributed by atoms with E-state index in [0.29, 0.717) is 11.5 Å². The molecule has 0 aliphatic heterocycles. The van der Waals surface area contributed by atoms with Gasteiger partial charge in [0.25, 0.3) is 0 Å². The maximum absolute atomic E-state index is 11.8. The minimum atomic E-state index is -0.632. The molecule has 0 fully saturated rings. The van der Waals surface area contributed by atoms with Crippen LogP contribution in [0.5, 0.6) is 0 Å². The molecule has 6 nitrogen and oxygen atoms in total. The first-order valence-corrected chi connectivity index (χ1v) is 6.50. The number of carbonyl (C=O) groups is 1. The van der Waals surface area contributed by atoms with Crippen molar-refractivity contribution in [1.82, 2.24) is 15.2 Å². The number of H-pyrrole nitrogens is 1. The summed E-state index contributed by atoms with van der Waals surface area (Å²) in [4.78, 5) is 15.9. The molecule has 1 aromatic carbocycles. The molecule has 20 heavy (non-hydrogen) atoms. The van der Waals surface area contributed by atoms with Gasteiger partial charge in [-0.2, -0.15) is 5.10 Å². The molecule has 0 radical (unpaired) electrons. The fourth-order valence-electron chi connectivity index (χ4n) is 1.73. The van der Waals surface area contributed by atoms with Crippen LogP contribution in [0.15, 0.2) is 30.6 Å². The highest BCUT2D eigenvalue weighted by atomic mass is 16.3. The maximum atomic E-state index is 11.8. The number of rotatable bonds is 5. The number of anilines is 1. The van der Waals surface area contributed by atoms with E-state index in [-0.39, 0.29) is 18.2 Å². The number of aliphatic hydroxyl groups excluding tert-OH is 1. The quantitative estimate of drug-likeness (QED) is 0.775. The minimum Gasteiger partial charge on any atom is -0.392 e. The van der Waals surface area contributed by atoms with Crippen molar-refractivity contribution in [2.75, 3.05) is 5.32 Å². The van der Waals surface area contributed by atoms with Crippen LogP contribution in [0.1, 0.15) is 20.3 Å². The standard InChI is InChI=1S/C14H18N4O2/c1-9(2)12(19)7-13(20)17-11-5-3-4-10(6-11)14-15-8-16-18-14/h3-6,8-9,12,19H,7H2,1-2H3,(H,17,20)(H,15,16,18). The molecule has 1 aromatic heterocycles. The summed E-state index contributed by atoms with van der Waals surface area (Å²) in [7, 11) is 0. The molecule has 1 heterocycles. The van der Waals surface area contributed by atoms with Crippen LogP contribution in [-0.4, -0.2) is 32.3 Å². The number of nitrogens with zero attached hydrogens (tertiary/aromatic N) is 2. The third kappa shape index (κ3) is 3.64. The fraction of sp³-hybridized carbons (Fsp3) is 0.357. The number of aromatic nitrogens is 3. The van der Waals surface area contributed by atoms with Gasteiger partial charge in [0.05, 0.1) is 12.5 Å². The number of hydrogen-bond acceptors (Lipinski definition) is 4. The van der Waals surface area contributed by atoms with Crippen LogP contribution < -0.4 is 5.32 Å².